The Hall–Kier alpha value is -1.59. The number of fused-ring (bicyclic) bond motifs is 1. The smallest absolute Gasteiger partial charge is 0.262 e. The molecule has 2 heterocycles. The van der Waals surface area contributed by atoms with Gasteiger partial charge in [-0.2, -0.15) is 0 Å². The van der Waals surface area contributed by atoms with E-state index in [9.17, 15) is 4.79 Å². The molecule has 2 aliphatic rings. The second-order valence-corrected chi connectivity index (χ2v) is 4.69. The average molecular weight is 247 g/mol. The Balaban J connectivity index is 1.71. The molecule has 96 valence electrons. The van der Waals surface area contributed by atoms with Crippen LogP contribution in [0.3, 0.4) is 0 Å². The van der Waals surface area contributed by atoms with Crippen LogP contribution in [0.15, 0.2) is 18.2 Å². The lowest BCUT2D eigenvalue weighted by Gasteiger charge is -2.27. The van der Waals surface area contributed by atoms with Crippen LogP contribution in [0, 0.1) is 0 Å². The standard InChI is InChI=1S/C13H17N3O2/c17-13-9-18-12-7-10(1-2-11(12)15-13)8-16-5-3-14-4-6-16/h1-2,7,14H,3-6,8-9H2,(H,15,17). The molecule has 3 rings (SSSR count). The highest BCUT2D eigenvalue weighted by molar-refractivity contribution is 5.95. The summed E-state index contributed by atoms with van der Waals surface area (Å²) >= 11 is 0. The zero-order chi connectivity index (χ0) is 12.4. The maximum absolute atomic E-state index is 11.2. The van der Waals surface area contributed by atoms with E-state index in [1.807, 2.05) is 12.1 Å². The molecule has 2 N–H and O–H groups in total. The molecular weight excluding hydrogens is 230 g/mol. The van der Waals surface area contributed by atoms with Crippen LogP contribution in [0.1, 0.15) is 5.56 Å². The van der Waals surface area contributed by atoms with E-state index in [4.69, 9.17) is 4.74 Å². The highest BCUT2D eigenvalue weighted by Crippen LogP contribution is 2.28. The number of carbonyl (C=O) groups is 1. The number of anilines is 1. The first kappa shape index (κ1) is 11.5. The summed E-state index contributed by atoms with van der Waals surface area (Å²) < 4.78 is 5.42. The van der Waals surface area contributed by atoms with E-state index in [0.717, 1.165) is 44.2 Å². The zero-order valence-electron chi connectivity index (χ0n) is 10.2. The molecule has 0 unspecified atom stereocenters. The van der Waals surface area contributed by atoms with E-state index >= 15 is 0 Å². The molecule has 5 heteroatoms. The van der Waals surface area contributed by atoms with Gasteiger partial charge in [-0.1, -0.05) is 6.07 Å². The van der Waals surface area contributed by atoms with Crippen LogP contribution in [0.2, 0.25) is 0 Å². The number of hydrogen-bond donors (Lipinski definition) is 2. The second-order valence-electron chi connectivity index (χ2n) is 4.69. The monoisotopic (exact) mass is 247 g/mol. The fraction of sp³-hybridized carbons (Fsp3) is 0.462. The highest BCUT2D eigenvalue weighted by Gasteiger charge is 2.17. The average Bonchev–Trinajstić information content (AvgIpc) is 2.40. The molecule has 1 aromatic rings. The van der Waals surface area contributed by atoms with Crippen LogP contribution in [0.5, 0.6) is 5.75 Å². The first-order valence-corrected chi connectivity index (χ1v) is 6.30. The van der Waals surface area contributed by atoms with Crippen molar-refractivity contribution in [1.82, 2.24) is 10.2 Å². The highest BCUT2D eigenvalue weighted by atomic mass is 16.5. The van der Waals surface area contributed by atoms with Gasteiger partial charge in [0.15, 0.2) is 6.61 Å². The molecule has 0 bridgehead atoms. The van der Waals surface area contributed by atoms with Crippen molar-refractivity contribution in [3.63, 3.8) is 0 Å². The minimum atomic E-state index is -0.0858. The van der Waals surface area contributed by atoms with E-state index < -0.39 is 0 Å². The predicted octanol–water partition coefficient (Wildman–Crippen LogP) is 0.423. The van der Waals surface area contributed by atoms with Gasteiger partial charge in [0.25, 0.3) is 5.91 Å². The third kappa shape index (κ3) is 2.47. The minimum Gasteiger partial charge on any atom is -0.482 e. The van der Waals surface area contributed by atoms with Crippen LogP contribution in [-0.4, -0.2) is 43.6 Å². The van der Waals surface area contributed by atoms with Crippen LogP contribution in [-0.2, 0) is 11.3 Å². The van der Waals surface area contributed by atoms with E-state index in [2.05, 4.69) is 21.6 Å². The molecule has 1 aromatic carbocycles. The summed E-state index contributed by atoms with van der Waals surface area (Å²) in [6.07, 6.45) is 0. The third-order valence-electron chi connectivity index (χ3n) is 3.29. The predicted molar refractivity (Wildman–Crippen MR) is 68.7 cm³/mol. The van der Waals surface area contributed by atoms with Crippen LogP contribution >= 0.6 is 0 Å². The van der Waals surface area contributed by atoms with Crippen molar-refractivity contribution in [2.75, 3.05) is 38.1 Å². The van der Waals surface area contributed by atoms with Gasteiger partial charge in [-0.3, -0.25) is 9.69 Å². The Morgan fingerprint density at radius 2 is 2.11 bits per heavy atom. The Morgan fingerprint density at radius 1 is 1.28 bits per heavy atom. The van der Waals surface area contributed by atoms with Gasteiger partial charge in [-0.05, 0) is 17.7 Å². The van der Waals surface area contributed by atoms with Crippen LogP contribution in [0.25, 0.3) is 0 Å². The molecule has 18 heavy (non-hydrogen) atoms. The number of ether oxygens (including phenoxy) is 1. The third-order valence-corrected chi connectivity index (χ3v) is 3.29. The summed E-state index contributed by atoms with van der Waals surface area (Å²) in [6.45, 7) is 5.31. The van der Waals surface area contributed by atoms with E-state index in [-0.39, 0.29) is 12.5 Å². The van der Waals surface area contributed by atoms with Gasteiger partial charge >= 0.3 is 0 Å². The Labute approximate surface area is 106 Å². The zero-order valence-corrected chi connectivity index (χ0v) is 10.2. The molecular formula is C13H17N3O2. The molecule has 2 aliphatic heterocycles. The second kappa shape index (κ2) is 4.96. The van der Waals surface area contributed by atoms with Gasteiger partial charge in [0.1, 0.15) is 5.75 Å². The summed E-state index contributed by atoms with van der Waals surface area (Å²) in [7, 11) is 0. The van der Waals surface area contributed by atoms with Crippen molar-refractivity contribution in [1.29, 1.82) is 0 Å². The molecule has 0 aliphatic carbocycles. The van der Waals surface area contributed by atoms with Gasteiger partial charge in [0, 0.05) is 32.7 Å². The van der Waals surface area contributed by atoms with Crippen molar-refractivity contribution in [3.8, 4) is 5.75 Å². The van der Waals surface area contributed by atoms with Gasteiger partial charge in [-0.15, -0.1) is 0 Å². The number of nitrogens with one attached hydrogen (secondary N) is 2. The SMILES string of the molecule is O=C1COc2cc(CN3CCNCC3)ccc2N1. The van der Waals surface area contributed by atoms with Gasteiger partial charge < -0.3 is 15.4 Å². The molecule has 0 atom stereocenters. The van der Waals surface area contributed by atoms with Crippen molar-refractivity contribution in [2.45, 2.75) is 6.54 Å². The molecule has 1 saturated heterocycles. The topological polar surface area (TPSA) is 53.6 Å². The summed E-state index contributed by atoms with van der Waals surface area (Å²) in [5, 5.41) is 6.14. The van der Waals surface area contributed by atoms with Gasteiger partial charge in [-0.25, -0.2) is 0 Å². The minimum absolute atomic E-state index is 0.0858. The fourth-order valence-corrected chi connectivity index (χ4v) is 2.34. The summed E-state index contributed by atoms with van der Waals surface area (Å²) in [6, 6.07) is 6.00. The number of piperazine rings is 1. The van der Waals surface area contributed by atoms with Crippen molar-refractivity contribution in [3.05, 3.63) is 23.8 Å². The number of nitrogens with zero attached hydrogens (tertiary/aromatic N) is 1. The summed E-state index contributed by atoms with van der Waals surface area (Å²) in [5.74, 6) is 0.694. The maximum atomic E-state index is 11.2. The Bertz CT molecular complexity index is 456. The summed E-state index contributed by atoms with van der Waals surface area (Å²) in [5.41, 5.74) is 2.00. The first-order valence-electron chi connectivity index (χ1n) is 6.30. The summed E-state index contributed by atoms with van der Waals surface area (Å²) in [4.78, 5) is 13.6. The first-order chi connectivity index (χ1) is 8.81. The number of benzene rings is 1. The molecule has 5 nitrogen and oxygen atoms in total. The van der Waals surface area contributed by atoms with E-state index in [1.54, 1.807) is 0 Å². The lowest BCUT2D eigenvalue weighted by Crippen LogP contribution is -2.42. The number of hydrogen-bond acceptors (Lipinski definition) is 4. The molecule has 0 spiro atoms. The Morgan fingerprint density at radius 3 is 2.94 bits per heavy atom. The van der Waals surface area contributed by atoms with Gasteiger partial charge in [0.2, 0.25) is 0 Å². The molecule has 1 fully saturated rings. The fourth-order valence-electron chi connectivity index (χ4n) is 2.34. The van der Waals surface area contributed by atoms with Crippen LogP contribution < -0.4 is 15.4 Å². The lowest BCUT2D eigenvalue weighted by molar-refractivity contribution is -0.118. The van der Waals surface area contributed by atoms with Crippen molar-refractivity contribution in [2.24, 2.45) is 0 Å². The molecule has 0 saturated carbocycles. The van der Waals surface area contributed by atoms with E-state index in [0.29, 0.717) is 0 Å². The quantitative estimate of drug-likeness (QED) is 0.795. The lowest BCUT2D eigenvalue weighted by atomic mass is 10.1. The number of amides is 1. The van der Waals surface area contributed by atoms with Crippen molar-refractivity contribution >= 4 is 11.6 Å². The van der Waals surface area contributed by atoms with Crippen LogP contribution in [0.4, 0.5) is 5.69 Å². The van der Waals surface area contributed by atoms with Crippen molar-refractivity contribution < 1.29 is 9.53 Å². The molecule has 0 radical (unpaired) electrons. The number of rotatable bonds is 2. The number of carbonyl (C=O) groups excluding carboxylic acids is 1. The normalized spacial score (nSPS) is 19.9. The maximum Gasteiger partial charge on any atom is 0.262 e. The largest absolute Gasteiger partial charge is 0.482 e. The van der Waals surface area contributed by atoms with Gasteiger partial charge in [0.05, 0.1) is 5.69 Å². The molecule has 1 amide bonds. The van der Waals surface area contributed by atoms with E-state index in [1.165, 1.54) is 5.56 Å². The Kier molecular flexibility index (Phi) is 3.17. The molecule has 0 aromatic heterocycles.